The van der Waals surface area contributed by atoms with Crippen molar-refractivity contribution in [2.75, 3.05) is 24.3 Å². The van der Waals surface area contributed by atoms with Crippen molar-refractivity contribution in [2.45, 2.75) is 26.1 Å². The molecule has 5 rings (SSSR count). The quantitative estimate of drug-likeness (QED) is 0.281. The lowest BCUT2D eigenvalue weighted by Gasteiger charge is -2.38. The third kappa shape index (κ3) is 6.04. The Bertz CT molecular complexity index is 1450. The number of hydrogen-bond donors (Lipinski definition) is 2. The molecule has 0 radical (unpaired) electrons. The van der Waals surface area contributed by atoms with Crippen LogP contribution < -0.4 is 20.1 Å². The minimum atomic E-state index is -0.349. The molecule has 198 valence electrons. The summed E-state index contributed by atoms with van der Waals surface area (Å²) in [7, 11) is 1.63. The predicted molar refractivity (Wildman–Crippen MR) is 152 cm³/mol. The Labute approximate surface area is 228 Å². The zero-order chi connectivity index (χ0) is 27.2. The average Bonchev–Trinajstić information content (AvgIpc) is 2.96. The number of methoxy groups -OCH3 is 1. The van der Waals surface area contributed by atoms with E-state index in [0.717, 1.165) is 23.2 Å². The highest BCUT2D eigenvalue weighted by molar-refractivity contribution is 6.01. The first-order valence-electron chi connectivity index (χ1n) is 12.9. The summed E-state index contributed by atoms with van der Waals surface area (Å²) in [6, 6.07) is 30.9. The fourth-order valence-corrected chi connectivity index (χ4v) is 4.76. The zero-order valence-electron chi connectivity index (χ0n) is 22.0. The summed E-state index contributed by atoms with van der Waals surface area (Å²) in [5.74, 6) is 1.24. The molecule has 1 unspecified atom stereocenters. The molecule has 1 aliphatic rings. The molecule has 0 aromatic heterocycles. The summed E-state index contributed by atoms with van der Waals surface area (Å²) < 4.78 is 11.7. The minimum Gasteiger partial charge on any atom is -0.496 e. The van der Waals surface area contributed by atoms with Crippen LogP contribution in [0.3, 0.4) is 0 Å². The second-order valence-electron chi connectivity index (χ2n) is 9.39. The van der Waals surface area contributed by atoms with Gasteiger partial charge in [-0.1, -0.05) is 48.5 Å². The summed E-state index contributed by atoms with van der Waals surface area (Å²) >= 11 is 0. The number of carbonyl (C=O) groups is 2. The van der Waals surface area contributed by atoms with Gasteiger partial charge in [-0.05, 0) is 66.1 Å². The zero-order valence-corrected chi connectivity index (χ0v) is 22.0. The maximum atomic E-state index is 13.6. The maximum absolute atomic E-state index is 13.6. The van der Waals surface area contributed by atoms with Crippen LogP contribution in [0.15, 0.2) is 97.1 Å². The van der Waals surface area contributed by atoms with E-state index >= 15 is 0 Å². The monoisotopic (exact) mass is 521 g/mol. The molecule has 1 atom stereocenters. The number of rotatable bonds is 9. The van der Waals surface area contributed by atoms with E-state index in [2.05, 4.69) is 22.8 Å². The molecule has 2 amide bonds. The van der Waals surface area contributed by atoms with E-state index in [1.165, 1.54) is 12.5 Å². The summed E-state index contributed by atoms with van der Waals surface area (Å²) in [5, 5.41) is 6.33. The smallest absolute Gasteiger partial charge is 0.257 e. The van der Waals surface area contributed by atoms with Crippen LogP contribution in [0.2, 0.25) is 0 Å². The van der Waals surface area contributed by atoms with Crippen molar-refractivity contribution in [3.8, 4) is 11.5 Å². The molecule has 7 heteroatoms. The van der Waals surface area contributed by atoms with Gasteiger partial charge in [0, 0.05) is 30.4 Å². The lowest BCUT2D eigenvalue weighted by Crippen LogP contribution is -2.44. The molecule has 7 nitrogen and oxygen atoms in total. The van der Waals surface area contributed by atoms with Gasteiger partial charge in [-0.25, -0.2) is 0 Å². The van der Waals surface area contributed by atoms with Gasteiger partial charge in [0.1, 0.15) is 24.3 Å². The van der Waals surface area contributed by atoms with Gasteiger partial charge in [0.25, 0.3) is 5.91 Å². The fraction of sp³-hybridized carbons (Fsp3) is 0.188. The van der Waals surface area contributed by atoms with E-state index in [9.17, 15) is 9.59 Å². The Hall–Kier alpha value is -4.78. The van der Waals surface area contributed by atoms with Crippen molar-refractivity contribution in [3.63, 3.8) is 0 Å². The lowest BCUT2D eigenvalue weighted by atomic mass is 10.0. The van der Waals surface area contributed by atoms with Crippen LogP contribution in [0.25, 0.3) is 0 Å². The van der Waals surface area contributed by atoms with E-state index in [0.29, 0.717) is 29.3 Å². The highest BCUT2D eigenvalue weighted by Gasteiger charge is 2.33. The molecule has 2 N–H and O–H groups in total. The van der Waals surface area contributed by atoms with Crippen molar-refractivity contribution in [1.29, 1.82) is 0 Å². The van der Waals surface area contributed by atoms with E-state index in [1.807, 2.05) is 77.7 Å². The Balaban J connectivity index is 1.40. The van der Waals surface area contributed by atoms with Gasteiger partial charge in [-0.2, -0.15) is 0 Å². The number of para-hydroxylation sites is 1. The van der Waals surface area contributed by atoms with E-state index < -0.39 is 0 Å². The Morgan fingerprint density at radius 2 is 1.69 bits per heavy atom. The highest BCUT2D eigenvalue weighted by Crippen LogP contribution is 2.35. The average molecular weight is 522 g/mol. The molecule has 4 aromatic carbocycles. The largest absolute Gasteiger partial charge is 0.496 e. The summed E-state index contributed by atoms with van der Waals surface area (Å²) in [6.45, 7) is 2.31. The molecule has 4 aromatic rings. The van der Waals surface area contributed by atoms with Gasteiger partial charge >= 0.3 is 0 Å². The molecule has 0 aliphatic carbocycles. The Morgan fingerprint density at radius 3 is 2.44 bits per heavy atom. The van der Waals surface area contributed by atoms with Crippen LogP contribution in [-0.2, 0) is 17.8 Å². The number of anilines is 2. The lowest BCUT2D eigenvalue weighted by molar-refractivity contribution is -0.114. The SMILES string of the molecule is COc1ccc(C2Nc3ccccc3C(=O)N2CCc2ccccc2)cc1COc1ccc(NC(C)=O)cc1. The number of hydrogen-bond acceptors (Lipinski definition) is 5. The van der Waals surface area contributed by atoms with Gasteiger partial charge < -0.3 is 25.0 Å². The Kier molecular flexibility index (Phi) is 7.78. The van der Waals surface area contributed by atoms with Crippen molar-refractivity contribution in [2.24, 2.45) is 0 Å². The number of amides is 2. The molecule has 1 aliphatic heterocycles. The van der Waals surface area contributed by atoms with Crippen LogP contribution in [0.5, 0.6) is 11.5 Å². The molecule has 0 bridgehead atoms. The number of benzene rings is 4. The third-order valence-corrected chi connectivity index (χ3v) is 6.70. The minimum absolute atomic E-state index is 0.00170. The maximum Gasteiger partial charge on any atom is 0.257 e. The predicted octanol–water partition coefficient (Wildman–Crippen LogP) is 6.04. The van der Waals surface area contributed by atoms with Gasteiger partial charge in [-0.3, -0.25) is 9.59 Å². The first-order valence-corrected chi connectivity index (χ1v) is 12.9. The Morgan fingerprint density at radius 1 is 0.949 bits per heavy atom. The number of carbonyl (C=O) groups excluding carboxylic acids is 2. The topological polar surface area (TPSA) is 79.9 Å². The highest BCUT2D eigenvalue weighted by atomic mass is 16.5. The molecule has 0 spiro atoms. The molecule has 1 heterocycles. The number of nitrogens with zero attached hydrogens (tertiary/aromatic N) is 1. The first-order chi connectivity index (χ1) is 19.0. The van der Waals surface area contributed by atoms with Gasteiger partial charge in [0.2, 0.25) is 5.91 Å². The van der Waals surface area contributed by atoms with E-state index in [4.69, 9.17) is 9.47 Å². The molecular formula is C32H31N3O4. The number of fused-ring (bicyclic) bond motifs is 1. The summed E-state index contributed by atoms with van der Waals surface area (Å²) in [6.07, 6.45) is 0.394. The fourth-order valence-electron chi connectivity index (χ4n) is 4.76. The van der Waals surface area contributed by atoms with Crippen LogP contribution in [0.4, 0.5) is 11.4 Å². The normalized spacial score (nSPS) is 14.3. The molecular weight excluding hydrogens is 490 g/mol. The van der Waals surface area contributed by atoms with E-state index in [-0.39, 0.29) is 24.6 Å². The molecule has 0 fully saturated rings. The standard InChI is InChI=1S/C32H31N3O4/c1-22(36)33-26-13-15-27(16-14-26)39-21-25-20-24(12-17-30(25)38-2)31-34-29-11-7-6-10-28(29)32(37)35(31)19-18-23-8-4-3-5-9-23/h3-17,20,31,34H,18-19,21H2,1-2H3,(H,33,36). The van der Waals surface area contributed by atoms with Gasteiger partial charge in [0.05, 0.1) is 12.7 Å². The van der Waals surface area contributed by atoms with Crippen molar-refractivity contribution < 1.29 is 19.1 Å². The van der Waals surface area contributed by atoms with Gasteiger partial charge in [0.15, 0.2) is 0 Å². The van der Waals surface area contributed by atoms with Crippen LogP contribution >= 0.6 is 0 Å². The van der Waals surface area contributed by atoms with Crippen molar-refractivity contribution in [3.05, 3.63) is 119 Å². The second kappa shape index (κ2) is 11.7. The molecule has 0 saturated heterocycles. The van der Waals surface area contributed by atoms with Crippen LogP contribution in [-0.4, -0.2) is 30.4 Å². The van der Waals surface area contributed by atoms with Crippen LogP contribution in [0, 0.1) is 0 Å². The second-order valence-corrected chi connectivity index (χ2v) is 9.39. The van der Waals surface area contributed by atoms with Crippen molar-refractivity contribution >= 4 is 23.2 Å². The number of ether oxygens (including phenoxy) is 2. The first kappa shape index (κ1) is 25.9. The summed E-state index contributed by atoms with van der Waals surface area (Å²) in [5.41, 5.74) is 5.16. The van der Waals surface area contributed by atoms with Crippen LogP contribution in [0.1, 0.15) is 40.1 Å². The molecule has 39 heavy (non-hydrogen) atoms. The number of nitrogens with one attached hydrogen (secondary N) is 2. The van der Waals surface area contributed by atoms with Crippen molar-refractivity contribution in [1.82, 2.24) is 4.90 Å². The third-order valence-electron chi connectivity index (χ3n) is 6.70. The molecule has 0 saturated carbocycles. The van der Waals surface area contributed by atoms with E-state index in [1.54, 1.807) is 19.2 Å². The summed E-state index contributed by atoms with van der Waals surface area (Å²) in [4.78, 5) is 26.8. The van der Waals surface area contributed by atoms with Gasteiger partial charge in [-0.15, -0.1) is 0 Å².